The lowest BCUT2D eigenvalue weighted by Crippen LogP contribution is -2.39. The molecule has 0 heterocycles. The molecule has 2 rings (SSSR count). The van der Waals surface area contributed by atoms with Crippen molar-refractivity contribution in [1.82, 2.24) is 10.2 Å². The van der Waals surface area contributed by atoms with E-state index in [9.17, 15) is 9.59 Å². The molecule has 0 aliphatic heterocycles. The highest BCUT2D eigenvalue weighted by Gasteiger charge is 2.24. The van der Waals surface area contributed by atoms with Crippen LogP contribution in [-0.4, -0.2) is 43.0 Å². The van der Waals surface area contributed by atoms with Gasteiger partial charge in [0.25, 0.3) is 5.91 Å². The Balaban J connectivity index is 1.99. The molecule has 1 aliphatic rings. The third-order valence-corrected chi connectivity index (χ3v) is 3.84. The lowest BCUT2D eigenvalue weighted by atomic mass is 9.93. The molecule has 0 bridgehead atoms. The number of anilines is 1. The molecule has 6 nitrogen and oxygen atoms in total. The van der Waals surface area contributed by atoms with E-state index in [1.165, 1.54) is 0 Å². The number of urea groups is 1. The van der Waals surface area contributed by atoms with Gasteiger partial charge in [0.1, 0.15) is 0 Å². The summed E-state index contributed by atoms with van der Waals surface area (Å²) >= 11 is 0. The highest BCUT2D eigenvalue weighted by Crippen LogP contribution is 2.20. The minimum Gasteiger partial charge on any atom is -0.341 e. The molecule has 1 saturated carbocycles. The van der Waals surface area contributed by atoms with E-state index in [-0.39, 0.29) is 17.4 Å². The van der Waals surface area contributed by atoms with Crippen LogP contribution in [0.5, 0.6) is 0 Å². The zero-order valence-electron chi connectivity index (χ0n) is 14.1. The van der Waals surface area contributed by atoms with Gasteiger partial charge in [0.2, 0.25) is 0 Å². The van der Waals surface area contributed by atoms with Crippen LogP contribution in [-0.2, 0) is 0 Å². The maximum atomic E-state index is 12.5. The summed E-state index contributed by atoms with van der Waals surface area (Å²) < 4.78 is 0. The number of carbonyl (C=O) groups excluding carboxylic acids is 2. The molecule has 0 saturated heterocycles. The van der Waals surface area contributed by atoms with Gasteiger partial charge in [-0.3, -0.25) is 4.79 Å². The highest BCUT2D eigenvalue weighted by molar-refractivity contribution is 5.96. The normalized spacial score (nSPS) is 14.3. The fourth-order valence-electron chi connectivity index (χ4n) is 2.31. The van der Waals surface area contributed by atoms with Gasteiger partial charge in [0.15, 0.2) is 0 Å². The molecule has 0 radical (unpaired) electrons. The summed E-state index contributed by atoms with van der Waals surface area (Å²) in [7, 11) is 1.76. The van der Waals surface area contributed by atoms with E-state index in [0.29, 0.717) is 30.4 Å². The van der Waals surface area contributed by atoms with Crippen molar-refractivity contribution in [3.05, 3.63) is 29.8 Å². The molecular weight excluding hydrogens is 292 g/mol. The summed E-state index contributed by atoms with van der Waals surface area (Å²) in [6.07, 6.45) is 2.07. The Morgan fingerprint density at radius 3 is 2.65 bits per heavy atom. The maximum Gasteiger partial charge on any atom is 0.319 e. The summed E-state index contributed by atoms with van der Waals surface area (Å²) in [6, 6.07) is 7.05. The van der Waals surface area contributed by atoms with Crippen LogP contribution in [0.25, 0.3) is 0 Å². The first-order chi connectivity index (χ1) is 10.8. The topological polar surface area (TPSA) is 87.5 Å². The summed E-state index contributed by atoms with van der Waals surface area (Å²) in [5.41, 5.74) is 6.75. The second-order valence-electron chi connectivity index (χ2n) is 6.98. The highest BCUT2D eigenvalue weighted by atomic mass is 16.2. The number of amides is 3. The Morgan fingerprint density at radius 1 is 1.35 bits per heavy atom. The fraction of sp³-hybridized carbons (Fsp3) is 0.529. The summed E-state index contributed by atoms with van der Waals surface area (Å²) in [5.74, 6) is -0.0854. The number of nitrogens with zero attached hydrogens (tertiary/aromatic N) is 1. The number of carbonyl (C=O) groups is 2. The molecule has 23 heavy (non-hydrogen) atoms. The number of hydrogen-bond donors (Lipinski definition) is 3. The van der Waals surface area contributed by atoms with Crippen molar-refractivity contribution < 1.29 is 9.59 Å². The van der Waals surface area contributed by atoms with Crippen LogP contribution in [0.1, 0.15) is 37.0 Å². The van der Waals surface area contributed by atoms with Crippen molar-refractivity contribution in [2.45, 2.75) is 32.7 Å². The van der Waals surface area contributed by atoms with Crippen LogP contribution in [0.15, 0.2) is 24.3 Å². The molecule has 0 atom stereocenters. The molecule has 1 aliphatic carbocycles. The van der Waals surface area contributed by atoms with Gasteiger partial charge >= 0.3 is 6.03 Å². The van der Waals surface area contributed by atoms with Crippen LogP contribution < -0.4 is 16.4 Å². The lowest BCUT2D eigenvalue weighted by Gasteiger charge is -2.29. The molecule has 1 fully saturated rings. The van der Waals surface area contributed by atoms with Gasteiger partial charge in [-0.1, -0.05) is 19.9 Å². The Kier molecular flexibility index (Phi) is 5.26. The predicted molar refractivity (Wildman–Crippen MR) is 91.4 cm³/mol. The van der Waals surface area contributed by atoms with Crippen LogP contribution in [0, 0.1) is 5.41 Å². The SMILES string of the molecule is CN(CC(C)(C)CN)C(=O)c1cccc(NC(=O)NC2CC2)c1. The first kappa shape index (κ1) is 17.3. The van der Waals surface area contributed by atoms with E-state index >= 15 is 0 Å². The van der Waals surface area contributed by atoms with Crippen molar-refractivity contribution >= 4 is 17.6 Å². The quantitative estimate of drug-likeness (QED) is 0.750. The number of benzene rings is 1. The van der Waals surface area contributed by atoms with Crippen LogP contribution in [0.3, 0.4) is 0 Å². The van der Waals surface area contributed by atoms with Crippen LogP contribution in [0.2, 0.25) is 0 Å². The molecule has 126 valence electrons. The van der Waals surface area contributed by atoms with E-state index in [1.807, 2.05) is 13.8 Å². The lowest BCUT2D eigenvalue weighted by molar-refractivity contribution is 0.0740. The van der Waals surface area contributed by atoms with Crippen molar-refractivity contribution in [2.24, 2.45) is 11.1 Å². The van der Waals surface area contributed by atoms with E-state index in [0.717, 1.165) is 12.8 Å². The number of hydrogen-bond acceptors (Lipinski definition) is 3. The third kappa shape index (κ3) is 5.25. The third-order valence-electron chi connectivity index (χ3n) is 3.84. The van der Waals surface area contributed by atoms with Crippen molar-refractivity contribution in [2.75, 3.05) is 25.5 Å². The van der Waals surface area contributed by atoms with Gasteiger partial charge in [-0.15, -0.1) is 0 Å². The largest absolute Gasteiger partial charge is 0.341 e. The van der Waals surface area contributed by atoms with Gasteiger partial charge in [-0.25, -0.2) is 4.79 Å². The molecule has 6 heteroatoms. The smallest absolute Gasteiger partial charge is 0.319 e. The van der Waals surface area contributed by atoms with Crippen LogP contribution in [0.4, 0.5) is 10.5 Å². The number of nitrogens with one attached hydrogen (secondary N) is 2. The van der Waals surface area contributed by atoms with Crippen molar-refractivity contribution in [3.8, 4) is 0 Å². The Morgan fingerprint density at radius 2 is 2.04 bits per heavy atom. The maximum absolute atomic E-state index is 12.5. The molecule has 0 unspecified atom stereocenters. The standard InChI is InChI=1S/C17H26N4O2/c1-17(2,10-18)11-21(3)15(22)12-5-4-6-14(9-12)20-16(23)19-13-7-8-13/h4-6,9,13H,7-8,10-11,18H2,1-3H3,(H2,19,20,23). The number of rotatable bonds is 6. The minimum absolute atomic E-state index is 0.0854. The van der Waals surface area contributed by atoms with Gasteiger partial charge in [0.05, 0.1) is 0 Å². The Labute approximate surface area is 137 Å². The summed E-state index contributed by atoms with van der Waals surface area (Å²) in [4.78, 5) is 26.0. The molecule has 0 aromatic heterocycles. The van der Waals surface area contributed by atoms with Crippen molar-refractivity contribution in [3.63, 3.8) is 0 Å². The Bertz CT molecular complexity index is 582. The fourth-order valence-corrected chi connectivity index (χ4v) is 2.31. The molecular formula is C17H26N4O2. The molecule has 0 spiro atoms. The van der Waals surface area contributed by atoms with Gasteiger partial charge in [0, 0.05) is 30.9 Å². The average molecular weight is 318 g/mol. The molecule has 4 N–H and O–H groups in total. The second kappa shape index (κ2) is 7.00. The zero-order chi connectivity index (χ0) is 17.0. The number of nitrogens with two attached hydrogens (primary N) is 1. The monoisotopic (exact) mass is 318 g/mol. The molecule has 1 aromatic carbocycles. The Hall–Kier alpha value is -2.08. The summed E-state index contributed by atoms with van der Waals surface area (Å²) in [6.45, 7) is 5.13. The molecule has 1 aromatic rings. The second-order valence-corrected chi connectivity index (χ2v) is 6.98. The van der Waals surface area contributed by atoms with E-state index in [2.05, 4.69) is 10.6 Å². The van der Waals surface area contributed by atoms with Crippen LogP contribution >= 0.6 is 0 Å². The molecule has 3 amide bonds. The van der Waals surface area contributed by atoms with E-state index < -0.39 is 0 Å². The van der Waals surface area contributed by atoms with Gasteiger partial charge in [-0.05, 0) is 43.0 Å². The summed E-state index contributed by atoms with van der Waals surface area (Å²) in [5, 5.41) is 5.62. The van der Waals surface area contributed by atoms with Gasteiger partial charge in [-0.2, -0.15) is 0 Å². The van der Waals surface area contributed by atoms with Crippen molar-refractivity contribution in [1.29, 1.82) is 0 Å². The van der Waals surface area contributed by atoms with E-state index in [1.54, 1.807) is 36.2 Å². The van der Waals surface area contributed by atoms with E-state index in [4.69, 9.17) is 5.73 Å². The first-order valence-corrected chi connectivity index (χ1v) is 7.94. The first-order valence-electron chi connectivity index (χ1n) is 7.94. The predicted octanol–water partition coefficient (Wildman–Crippen LogP) is 2.03. The van der Waals surface area contributed by atoms with Gasteiger partial charge < -0.3 is 21.3 Å². The minimum atomic E-state index is -0.227. The zero-order valence-corrected chi connectivity index (χ0v) is 14.1. The average Bonchev–Trinajstić information content (AvgIpc) is 3.30.